The van der Waals surface area contributed by atoms with E-state index in [1.54, 1.807) is 10.9 Å². The molecular weight excluding hydrogens is 320 g/mol. The highest BCUT2D eigenvalue weighted by Crippen LogP contribution is 2.18. The van der Waals surface area contributed by atoms with Gasteiger partial charge in [0.05, 0.1) is 30.6 Å². The molecule has 8 nitrogen and oxygen atoms in total. The fourth-order valence-corrected chi connectivity index (χ4v) is 2.53. The van der Waals surface area contributed by atoms with Gasteiger partial charge in [0.15, 0.2) is 11.2 Å². The number of benzene rings is 1. The average molecular weight is 336 g/mol. The predicted molar refractivity (Wildman–Crippen MR) is 89.7 cm³/mol. The molecule has 0 N–H and O–H groups in total. The summed E-state index contributed by atoms with van der Waals surface area (Å²) < 4.78 is 12.4. The SMILES string of the molecule is CCOc1ccc(-n2nnc3cnc(Cc4cc(C)no4)nc32)cc1. The van der Waals surface area contributed by atoms with Crippen LogP contribution in [0.25, 0.3) is 16.9 Å². The summed E-state index contributed by atoms with van der Waals surface area (Å²) in [5, 5.41) is 12.2. The van der Waals surface area contributed by atoms with E-state index in [0.717, 1.165) is 22.9 Å². The van der Waals surface area contributed by atoms with Gasteiger partial charge < -0.3 is 9.26 Å². The van der Waals surface area contributed by atoms with Crippen LogP contribution >= 0.6 is 0 Å². The maximum Gasteiger partial charge on any atom is 0.187 e. The molecule has 0 saturated heterocycles. The molecule has 0 fully saturated rings. The van der Waals surface area contributed by atoms with Crippen LogP contribution in [0.4, 0.5) is 0 Å². The van der Waals surface area contributed by atoms with Crippen molar-refractivity contribution in [2.75, 3.05) is 6.61 Å². The van der Waals surface area contributed by atoms with Gasteiger partial charge in [-0.1, -0.05) is 10.4 Å². The summed E-state index contributed by atoms with van der Waals surface area (Å²) in [5.74, 6) is 2.15. The smallest absolute Gasteiger partial charge is 0.187 e. The quantitative estimate of drug-likeness (QED) is 0.553. The summed E-state index contributed by atoms with van der Waals surface area (Å²) in [4.78, 5) is 8.90. The number of aromatic nitrogens is 6. The van der Waals surface area contributed by atoms with E-state index in [9.17, 15) is 0 Å². The molecule has 126 valence electrons. The van der Waals surface area contributed by atoms with Crippen LogP contribution in [-0.2, 0) is 6.42 Å². The molecule has 0 spiro atoms. The molecule has 0 radical (unpaired) electrons. The highest BCUT2D eigenvalue weighted by atomic mass is 16.5. The first-order valence-corrected chi connectivity index (χ1v) is 7.95. The van der Waals surface area contributed by atoms with E-state index in [1.807, 2.05) is 44.2 Å². The van der Waals surface area contributed by atoms with Crippen LogP contribution in [-0.4, -0.2) is 36.7 Å². The van der Waals surface area contributed by atoms with E-state index in [0.29, 0.717) is 30.0 Å². The van der Waals surface area contributed by atoms with E-state index in [1.165, 1.54) is 0 Å². The van der Waals surface area contributed by atoms with E-state index in [2.05, 4.69) is 25.4 Å². The minimum atomic E-state index is 0.464. The maximum atomic E-state index is 5.47. The molecule has 4 aromatic rings. The third-order valence-electron chi connectivity index (χ3n) is 3.64. The number of fused-ring (bicyclic) bond motifs is 1. The van der Waals surface area contributed by atoms with Crippen molar-refractivity contribution in [3.8, 4) is 11.4 Å². The Morgan fingerprint density at radius 2 is 2.04 bits per heavy atom. The van der Waals surface area contributed by atoms with Gasteiger partial charge in [-0.15, -0.1) is 5.10 Å². The van der Waals surface area contributed by atoms with Crippen LogP contribution < -0.4 is 4.74 Å². The second-order valence-corrected chi connectivity index (χ2v) is 5.53. The molecule has 0 aliphatic heterocycles. The molecule has 4 rings (SSSR count). The van der Waals surface area contributed by atoms with Gasteiger partial charge in [-0.05, 0) is 38.1 Å². The summed E-state index contributed by atoms with van der Waals surface area (Å²) in [6.07, 6.45) is 2.13. The van der Waals surface area contributed by atoms with Gasteiger partial charge in [0, 0.05) is 6.07 Å². The van der Waals surface area contributed by atoms with Gasteiger partial charge in [-0.2, -0.15) is 4.68 Å². The van der Waals surface area contributed by atoms with Crippen molar-refractivity contribution in [2.24, 2.45) is 0 Å². The number of aryl methyl sites for hydroxylation is 1. The standard InChI is InChI=1S/C17H16N6O2/c1-3-24-13-6-4-12(5-7-13)23-17-15(20-22-23)10-18-16(19-17)9-14-8-11(2)21-25-14/h4-8,10H,3,9H2,1-2H3. The minimum Gasteiger partial charge on any atom is -0.494 e. The highest BCUT2D eigenvalue weighted by molar-refractivity contribution is 5.70. The van der Waals surface area contributed by atoms with Crippen molar-refractivity contribution in [3.05, 3.63) is 53.8 Å². The van der Waals surface area contributed by atoms with Gasteiger partial charge in [0.25, 0.3) is 0 Å². The van der Waals surface area contributed by atoms with Gasteiger partial charge in [-0.25, -0.2) is 9.97 Å². The topological polar surface area (TPSA) is 91.8 Å². The summed E-state index contributed by atoms with van der Waals surface area (Å²) >= 11 is 0. The number of hydrogen-bond donors (Lipinski definition) is 0. The van der Waals surface area contributed by atoms with Crippen LogP contribution in [0.2, 0.25) is 0 Å². The molecule has 25 heavy (non-hydrogen) atoms. The third-order valence-corrected chi connectivity index (χ3v) is 3.64. The van der Waals surface area contributed by atoms with Crippen LogP contribution in [0, 0.1) is 6.92 Å². The molecular formula is C17H16N6O2. The van der Waals surface area contributed by atoms with E-state index < -0.39 is 0 Å². The summed E-state index contributed by atoms with van der Waals surface area (Å²) in [6.45, 7) is 4.46. The van der Waals surface area contributed by atoms with Crippen molar-refractivity contribution in [3.63, 3.8) is 0 Å². The summed E-state index contributed by atoms with van der Waals surface area (Å²) in [5.41, 5.74) is 2.96. The summed E-state index contributed by atoms with van der Waals surface area (Å²) in [7, 11) is 0. The lowest BCUT2D eigenvalue weighted by Crippen LogP contribution is -2.01. The van der Waals surface area contributed by atoms with Crippen LogP contribution in [0.15, 0.2) is 41.1 Å². The van der Waals surface area contributed by atoms with Gasteiger partial charge >= 0.3 is 0 Å². The number of rotatable bonds is 5. The fraction of sp³-hybridized carbons (Fsp3) is 0.235. The van der Waals surface area contributed by atoms with E-state index in [-0.39, 0.29) is 0 Å². The predicted octanol–water partition coefficient (Wildman–Crippen LogP) is 2.50. The van der Waals surface area contributed by atoms with Crippen LogP contribution in [0.3, 0.4) is 0 Å². The Morgan fingerprint density at radius 1 is 1.20 bits per heavy atom. The normalized spacial score (nSPS) is 11.1. The molecule has 0 unspecified atom stereocenters. The van der Waals surface area contributed by atoms with Crippen molar-refractivity contribution in [1.29, 1.82) is 0 Å². The lowest BCUT2D eigenvalue weighted by molar-refractivity contribution is 0.340. The van der Waals surface area contributed by atoms with Gasteiger partial charge in [0.1, 0.15) is 17.3 Å². The molecule has 0 aliphatic rings. The second kappa shape index (κ2) is 6.31. The molecule has 3 heterocycles. The van der Waals surface area contributed by atoms with Crippen LogP contribution in [0.1, 0.15) is 24.2 Å². The van der Waals surface area contributed by atoms with Gasteiger partial charge in [-0.3, -0.25) is 0 Å². The average Bonchev–Trinajstić information content (AvgIpc) is 3.22. The fourth-order valence-electron chi connectivity index (χ4n) is 2.53. The molecule has 3 aromatic heterocycles. The monoisotopic (exact) mass is 336 g/mol. The lowest BCUT2D eigenvalue weighted by atomic mass is 10.3. The number of hydrogen-bond acceptors (Lipinski definition) is 7. The Morgan fingerprint density at radius 3 is 2.76 bits per heavy atom. The van der Waals surface area contributed by atoms with E-state index in [4.69, 9.17) is 9.26 Å². The molecule has 0 saturated carbocycles. The Labute approximate surface area is 143 Å². The molecule has 8 heteroatoms. The molecule has 0 atom stereocenters. The Balaban J connectivity index is 1.68. The van der Waals surface area contributed by atoms with Crippen molar-refractivity contribution < 1.29 is 9.26 Å². The van der Waals surface area contributed by atoms with Crippen LogP contribution in [0.5, 0.6) is 5.75 Å². The molecule has 0 bridgehead atoms. The first-order chi connectivity index (χ1) is 12.2. The van der Waals surface area contributed by atoms with Crippen molar-refractivity contribution in [1.82, 2.24) is 30.1 Å². The first-order valence-electron chi connectivity index (χ1n) is 7.95. The first kappa shape index (κ1) is 15.3. The van der Waals surface area contributed by atoms with Gasteiger partial charge in [0.2, 0.25) is 0 Å². The third kappa shape index (κ3) is 3.06. The minimum absolute atomic E-state index is 0.464. The largest absolute Gasteiger partial charge is 0.494 e. The van der Waals surface area contributed by atoms with Crippen molar-refractivity contribution in [2.45, 2.75) is 20.3 Å². The van der Waals surface area contributed by atoms with Crippen molar-refractivity contribution >= 4 is 11.2 Å². The Kier molecular flexibility index (Phi) is 3.85. The summed E-state index contributed by atoms with van der Waals surface area (Å²) in [6, 6.07) is 9.49. The molecule has 0 amide bonds. The second-order valence-electron chi connectivity index (χ2n) is 5.53. The zero-order valence-corrected chi connectivity index (χ0v) is 13.9. The number of nitrogens with zero attached hydrogens (tertiary/aromatic N) is 6. The lowest BCUT2D eigenvalue weighted by Gasteiger charge is -2.05. The molecule has 0 aliphatic carbocycles. The Hall–Kier alpha value is -3.29. The Bertz CT molecular complexity index is 1010. The number of ether oxygens (including phenoxy) is 1. The zero-order chi connectivity index (χ0) is 17.2. The highest BCUT2D eigenvalue weighted by Gasteiger charge is 2.12. The van der Waals surface area contributed by atoms with E-state index >= 15 is 0 Å². The molecule has 1 aromatic carbocycles. The zero-order valence-electron chi connectivity index (χ0n) is 13.9. The maximum absolute atomic E-state index is 5.47.